The van der Waals surface area contributed by atoms with Gasteiger partial charge in [0.2, 0.25) is 5.91 Å². The molecule has 5 nitrogen and oxygen atoms in total. The summed E-state index contributed by atoms with van der Waals surface area (Å²) in [6.07, 6.45) is 0.984. The maximum absolute atomic E-state index is 13.5. The van der Waals surface area contributed by atoms with Gasteiger partial charge in [-0.3, -0.25) is 4.79 Å². The van der Waals surface area contributed by atoms with Crippen molar-refractivity contribution in [2.24, 2.45) is 0 Å². The molecule has 0 bridgehead atoms. The molecule has 0 aliphatic carbocycles. The van der Waals surface area contributed by atoms with E-state index in [4.69, 9.17) is 4.98 Å². The summed E-state index contributed by atoms with van der Waals surface area (Å²) >= 11 is 0. The van der Waals surface area contributed by atoms with Crippen molar-refractivity contribution in [3.05, 3.63) is 65.7 Å². The highest BCUT2D eigenvalue weighted by Gasteiger charge is 2.40. The molecule has 2 heterocycles. The van der Waals surface area contributed by atoms with Crippen LogP contribution < -0.4 is 5.32 Å². The van der Waals surface area contributed by atoms with Crippen molar-refractivity contribution < 1.29 is 9.18 Å². The van der Waals surface area contributed by atoms with Gasteiger partial charge in [0.25, 0.3) is 0 Å². The molecule has 156 valence electrons. The minimum atomic E-state index is -0.551. The fourth-order valence-electron chi connectivity index (χ4n) is 4.19. The average Bonchev–Trinajstić information content (AvgIpc) is 3.08. The van der Waals surface area contributed by atoms with E-state index in [1.807, 2.05) is 18.7 Å². The first-order valence-corrected chi connectivity index (χ1v) is 10.3. The largest absolute Gasteiger partial charge is 0.340 e. The molecule has 6 heteroatoms. The summed E-state index contributed by atoms with van der Waals surface area (Å²) in [5, 5.41) is 3.53. The number of nitrogens with zero attached hydrogens (tertiary/aromatic N) is 3. The number of amides is 1. The van der Waals surface area contributed by atoms with Crippen molar-refractivity contribution in [2.45, 2.75) is 46.2 Å². The molecule has 30 heavy (non-hydrogen) atoms. The highest BCUT2D eigenvalue weighted by molar-refractivity contribution is 5.78. The average molecular weight is 407 g/mol. The molecule has 0 atom stereocenters. The molecule has 1 aromatic heterocycles. The van der Waals surface area contributed by atoms with Gasteiger partial charge in [0, 0.05) is 31.3 Å². The molecule has 1 N–H and O–H groups in total. The zero-order valence-electron chi connectivity index (χ0n) is 17.9. The Morgan fingerprint density at radius 2 is 1.77 bits per heavy atom. The van der Waals surface area contributed by atoms with Crippen LogP contribution in [0.2, 0.25) is 0 Å². The van der Waals surface area contributed by atoms with Gasteiger partial charge in [-0.2, -0.15) is 0 Å². The number of nitrogens with one attached hydrogen (secondary N) is 1. The predicted octanol–water partition coefficient (Wildman–Crippen LogP) is 5.09. The zero-order chi connectivity index (χ0) is 21.5. The fourth-order valence-corrected chi connectivity index (χ4v) is 4.19. The van der Waals surface area contributed by atoms with Gasteiger partial charge < -0.3 is 14.8 Å². The molecule has 0 fully saturated rings. The monoisotopic (exact) mass is 406 g/mol. The molecule has 0 saturated carbocycles. The Labute approximate surface area is 176 Å². The van der Waals surface area contributed by atoms with Crippen LogP contribution >= 0.6 is 0 Å². The van der Waals surface area contributed by atoms with E-state index < -0.39 is 5.54 Å². The second-order valence-corrected chi connectivity index (χ2v) is 8.20. The molecule has 2 aromatic carbocycles. The molecular formula is C24H27FN4O. The van der Waals surface area contributed by atoms with Gasteiger partial charge in [-0.25, -0.2) is 9.37 Å². The van der Waals surface area contributed by atoms with Crippen LogP contribution in [0, 0.1) is 5.82 Å². The van der Waals surface area contributed by atoms with E-state index in [1.165, 1.54) is 17.7 Å². The van der Waals surface area contributed by atoms with Gasteiger partial charge in [-0.15, -0.1) is 0 Å². The Morgan fingerprint density at radius 1 is 1.10 bits per heavy atom. The number of imidazole rings is 1. The first-order valence-electron chi connectivity index (χ1n) is 10.3. The van der Waals surface area contributed by atoms with Crippen molar-refractivity contribution in [3.8, 4) is 11.3 Å². The van der Waals surface area contributed by atoms with Crippen LogP contribution in [0.25, 0.3) is 11.3 Å². The van der Waals surface area contributed by atoms with Crippen LogP contribution in [0.3, 0.4) is 0 Å². The smallest absolute Gasteiger partial charge is 0.220 e. The first-order chi connectivity index (χ1) is 14.3. The van der Waals surface area contributed by atoms with Crippen molar-refractivity contribution in [3.63, 3.8) is 0 Å². The highest BCUT2D eigenvalue weighted by atomic mass is 19.1. The minimum Gasteiger partial charge on any atom is -0.340 e. The van der Waals surface area contributed by atoms with E-state index in [1.54, 1.807) is 19.1 Å². The lowest BCUT2D eigenvalue weighted by molar-refractivity contribution is -0.136. The van der Waals surface area contributed by atoms with Gasteiger partial charge >= 0.3 is 0 Å². The molecule has 0 saturated heterocycles. The highest BCUT2D eigenvalue weighted by Crippen LogP contribution is 2.39. The lowest BCUT2D eigenvalue weighted by Crippen LogP contribution is -2.51. The Kier molecular flexibility index (Phi) is 5.10. The molecule has 4 rings (SSSR count). The van der Waals surface area contributed by atoms with Gasteiger partial charge in [0.05, 0.1) is 5.54 Å². The standard InChI is InChI=1S/C24H27FN4O/c1-5-17-6-12-20(13-7-17)26-22-21(18-8-10-19(25)11-9-18)27-23-24(3,4)29(16(2)30)15-14-28(22)23/h6-13,26H,5,14-15H2,1-4H3. The van der Waals surface area contributed by atoms with Crippen LogP contribution in [0.15, 0.2) is 48.5 Å². The van der Waals surface area contributed by atoms with E-state index in [0.29, 0.717) is 13.1 Å². The Bertz CT molecular complexity index is 1070. The number of hydrogen-bond acceptors (Lipinski definition) is 3. The Morgan fingerprint density at radius 3 is 2.37 bits per heavy atom. The van der Waals surface area contributed by atoms with Gasteiger partial charge in [-0.1, -0.05) is 19.1 Å². The molecule has 0 radical (unpaired) electrons. The first kappa shape index (κ1) is 20.1. The lowest BCUT2D eigenvalue weighted by atomic mass is 9.99. The molecule has 3 aromatic rings. The minimum absolute atomic E-state index is 0.0299. The summed E-state index contributed by atoms with van der Waals surface area (Å²) in [5.41, 5.74) is 3.27. The number of halogens is 1. The maximum atomic E-state index is 13.5. The molecule has 1 amide bonds. The SMILES string of the molecule is CCc1ccc(Nc2c(-c3ccc(F)cc3)nc3n2CCN(C(C)=O)C3(C)C)cc1. The van der Waals surface area contributed by atoms with E-state index in [9.17, 15) is 9.18 Å². The topological polar surface area (TPSA) is 50.2 Å². The molecule has 0 unspecified atom stereocenters. The number of benzene rings is 2. The van der Waals surface area contributed by atoms with E-state index >= 15 is 0 Å². The third-order valence-corrected chi connectivity index (χ3v) is 5.86. The summed E-state index contributed by atoms with van der Waals surface area (Å²) in [4.78, 5) is 19.0. The maximum Gasteiger partial charge on any atom is 0.220 e. The summed E-state index contributed by atoms with van der Waals surface area (Å²) in [7, 11) is 0. The van der Waals surface area contributed by atoms with Crippen LogP contribution in [0.4, 0.5) is 15.9 Å². The van der Waals surface area contributed by atoms with Crippen molar-refractivity contribution in [1.82, 2.24) is 14.5 Å². The van der Waals surface area contributed by atoms with Gasteiger partial charge in [-0.05, 0) is 62.2 Å². The van der Waals surface area contributed by atoms with Gasteiger partial charge in [0.15, 0.2) is 0 Å². The summed E-state index contributed by atoms with van der Waals surface area (Å²) < 4.78 is 15.7. The fraction of sp³-hybridized carbons (Fsp3) is 0.333. The number of aromatic nitrogens is 2. The predicted molar refractivity (Wildman–Crippen MR) is 117 cm³/mol. The van der Waals surface area contributed by atoms with Gasteiger partial charge in [0.1, 0.15) is 23.2 Å². The summed E-state index contributed by atoms with van der Waals surface area (Å²) in [6, 6.07) is 14.7. The third-order valence-electron chi connectivity index (χ3n) is 5.86. The lowest BCUT2D eigenvalue weighted by Gasteiger charge is -2.42. The van der Waals surface area contributed by atoms with Crippen LogP contribution in [-0.2, 0) is 23.3 Å². The number of carbonyl (C=O) groups is 1. The number of hydrogen-bond donors (Lipinski definition) is 1. The zero-order valence-corrected chi connectivity index (χ0v) is 17.9. The van der Waals surface area contributed by atoms with Crippen LogP contribution in [0.5, 0.6) is 0 Å². The van der Waals surface area contributed by atoms with Crippen LogP contribution in [-0.4, -0.2) is 26.9 Å². The van der Waals surface area contributed by atoms with Crippen LogP contribution in [0.1, 0.15) is 39.1 Å². The second-order valence-electron chi connectivity index (χ2n) is 8.20. The quantitative estimate of drug-likeness (QED) is 0.656. The third kappa shape index (κ3) is 3.47. The molecular weight excluding hydrogens is 379 g/mol. The second kappa shape index (κ2) is 7.59. The molecule has 0 spiro atoms. The summed E-state index contributed by atoms with van der Waals surface area (Å²) in [6.45, 7) is 9.00. The van der Waals surface area contributed by atoms with Crippen molar-refractivity contribution in [1.29, 1.82) is 0 Å². The van der Waals surface area contributed by atoms with E-state index in [-0.39, 0.29) is 11.7 Å². The number of carbonyl (C=O) groups excluding carboxylic acids is 1. The number of anilines is 2. The Balaban J connectivity index is 1.84. The number of rotatable bonds is 4. The molecule has 1 aliphatic heterocycles. The van der Waals surface area contributed by atoms with E-state index in [2.05, 4.69) is 41.1 Å². The van der Waals surface area contributed by atoms with Crippen molar-refractivity contribution >= 4 is 17.4 Å². The Hall–Kier alpha value is -3.15. The molecule has 1 aliphatic rings. The summed E-state index contributed by atoms with van der Waals surface area (Å²) in [5.74, 6) is 1.42. The number of aryl methyl sites for hydroxylation is 1. The normalized spacial score (nSPS) is 15.0. The number of fused-ring (bicyclic) bond motifs is 1. The van der Waals surface area contributed by atoms with Crippen molar-refractivity contribution in [2.75, 3.05) is 11.9 Å². The van der Waals surface area contributed by atoms with E-state index in [0.717, 1.165) is 35.0 Å².